The number of halogens is 2. The first-order chi connectivity index (χ1) is 13.0. The summed E-state index contributed by atoms with van der Waals surface area (Å²) in [5.74, 6) is 1.11. The van der Waals surface area contributed by atoms with Crippen LogP contribution in [0.1, 0.15) is 12.8 Å². The van der Waals surface area contributed by atoms with Crippen molar-refractivity contribution in [1.82, 2.24) is 14.9 Å². The van der Waals surface area contributed by atoms with Gasteiger partial charge >= 0.3 is 6.09 Å². The van der Waals surface area contributed by atoms with E-state index in [9.17, 15) is 15.2 Å². The fourth-order valence-corrected chi connectivity index (χ4v) is 4.36. The predicted molar refractivity (Wildman–Crippen MR) is 102 cm³/mol. The van der Waals surface area contributed by atoms with Gasteiger partial charge in [-0.3, -0.25) is 0 Å². The van der Waals surface area contributed by atoms with Gasteiger partial charge in [-0.05, 0) is 28.4 Å². The Hall–Kier alpha value is -2.31. The van der Waals surface area contributed by atoms with E-state index in [-0.39, 0.29) is 25.1 Å². The number of carboxylic acid groups (broad SMARTS) is 1. The average molecular weight is 453 g/mol. The van der Waals surface area contributed by atoms with Crippen LogP contribution in [0.5, 0.6) is 5.75 Å². The number of benzene rings is 1. The molecule has 8 nitrogen and oxygen atoms in total. The smallest absolute Gasteiger partial charge is 0.407 e. The van der Waals surface area contributed by atoms with Crippen molar-refractivity contribution in [1.29, 1.82) is 5.26 Å². The van der Waals surface area contributed by atoms with E-state index in [1.54, 1.807) is 6.07 Å². The Morgan fingerprint density at radius 1 is 1.52 bits per heavy atom. The van der Waals surface area contributed by atoms with Crippen molar-refractivity contribution in [3.05, 3.63) is 21.9 Å². The average Bonchev–Trinajstić information content (AvgIpc) is 3.06. The van der Waals surface area contributed by atoms with Gasteiger partial charge < -0.3 is 19.6 Å². The molecule has 1 amide bonds. The first kappa shape index (κ1) is 18.1. The topological polar surface area (TPSA) is 103 Å². The second kappa shape index (κ2) is 7.02. The molecule has 0 spiro atoms. The van der Waals surface area contributed by atoms with Crippen molar-refractivity contribution in [2.75, 3.05) is 24.6 Å². The van der Waals surface area contributed by atoms with Crippen molar-refractivity contribution in [3.8, 4) is 11.8 Å². The number of hydrogen-bond donors (Lipinski definition) is 1. The molecule has 1 unspecified atom stereocenters. The number of aromatic nitrogens is 2. The number of nitriles is 1. The van der Waals surface area contributed by atoms with Gasteiger partial charge in [0.2, 0.25) is 0 Å². The summed E-state index contributed by atoms with van der Waals surface area (Å²) in [7, 11) is 0. The number of hydrogen-bond acceptors (Lipinski definition) is 6. The normalized spacial score (nSPS) is 21.7. The minimum Gasteiger partial charge on any atom is -0.489 e. The molecule has 0 aliphatic carbocycles. The zero-order valence-electron chi connectivity index (χ0n) is 14.1. The second-order valence-corrected chi connectivity index (χ2v) is 7.73. The largest absolute Gasteiger partial charge is 0.489 e. The summed E-state index contributed by atoms with van der Waals surface area (Å²) >= 11 is 9.87. The molecule has 2 aliphatic heterocycles. The van der Waals surface area contributed by atoms with Crippen LogP contribution in [0.3, 0.4) is 0 Å². The summed E-state index contributed by atoms with van der Waals surface area (Å²) in [5.41, 5.74) is 0.668. The van der Waals surface area contributed by atoms with E-state index in [0.29, 0.717) is 51.5 Å². The molecule has 4 rings (SSSR count). The predicted octanol–water partition coefficient (Wildman–Crippen LogP) is 3.28. The molecular weight excluding hydrogens is 438 g/mol. The van der Waals surface area contributed by atoms with Crippen LogP contribution in [-0.2, 0) is 0 Å². The Bertz CT molecular complexity index is 966. The van der Waals surface area contributed by atoms with Crippen molar-refractivity contribution in [2.24, 2.45) is 0 Å². The summed E-state index contributed by atoms with van der Waals surface area (Å²) < 4.78 is 6.66. The molecule has 0 radical (unpaired) electrons. The van der Waals surface area contributed by atoms with Crippen molar-refractivity contribution >= 4 is 50.3 Å². The van der Waals surface area contributed by atoms with Gasteiger partial charge in [0.25, 0.3) is 0 Å². The first-order valence-corrected chi connectivity index (χ1v) is 9.57. The van der Waals surface area contributed by atoms with Crippen molar-refractivity contribution in [2.45, 2.75) is 24.9 Å². The standard InChI is InChI=1S/C17H15BrClN5O3/c18-11-5-12-13-15(14(11)19)27-7-10(1-3-20)24(16(13)22-8-21-12)9-2-4-23(6-9)17(25)26/h5,8-10H,1-2,4,6-7H2,(H,25,26)/t9?,10-/m0/s1. The van der Waals surface area contributed by atoms with Crippen LogP contribution in [0.25, 0.3) is 10.9 Å². The van der Waals surface area contributed by atoms with Crippen LogP contribution in [0.15, 0.2) is 16.9 Å². The Morgan fingerprint density at radius 3 is 3.04 bits per heavy atom. The Balaban J connectivity index is 1.88. The molecule has 2 atom stereocenters. The van der Waals surface area contributed by atoms with Gasteiger partial charge in [0.15, 0.2) is 5.75 Å². The van der Waals surface area contributed by atoms with Gasteiger partial charge in [0.05, 0.1) is 40.5 Å². The van der Waals surface area contributed by atoms with Crippen molar-refractivity contribution in [3.63, 3.8) is 0 Å². The van der Waals surface area contributed by atoms with Gasteiger partial charge in [0.1, 0.15) is 18.8 Å². The third-order valence-electron chi connectivity index (χ3n) is 4.97. The number of anilines is 1. The van der Waals surface area contributed by atoms with Crippen LogP contribution in [0, 0.1) is 11.3 Å². The molecule has 3 heterocycles. The van der Waals surface area contributed by atoms with E-state index in [1.165, 1.54) is 11.2 Å². The molecule has 0 saturated carbocycles. The highest BCUT2D eigenvalue weighted by molar-refractivity contribution is 9.10. The number of rotatable bonds is 2. The van der Waals surface area contributed by atoms with E-state index in [2.05, 4.69) is 32.0 Å². The maximum atomic E-state index is 11.4. The maximum absolute atomic E-state index is 11.4. The lowest BCUT2D eigenvalue weighted by molar-refractivity contribution is 0.155. The highest BCUT2D eigenvalue weighted by Crippen LogP contribution is 2.45. The Kier molecular flexibility index (Phi) is 4.70. The lowest BCUT2D eigenvalue weighted by Gasteiger charge is -2.34. The van der Waals surface area contributed by atoms with Gasteiger partial charge in [-0.1, -0.05) is 11.6 Å². The van der Waals surface area contributed by atoms with Crippen LogP contribution in [0.2, 0.25) is 5.02 Å². The van der Waals surface area contributed by atoms with Crippen molar-refractivity contribution < 1.29 is 14.6 Å². The molecule has 0 bridgehead atoms. The quantitative estimate of drug-likeness (QED) is 0.746. The van der Waals surface area contributed by atoms with Gasteiger partial charge in [0, 0.05) is 17.6 Å². The zero-order valence-corrected chi connectivity index (χ0v) is 16.4. The molecule has 1 N–H and O–H groups in total. The highest BCUT2D eigenvalue weighted by Gasteiger charge is 2.38. The maximum Gasteiger partial charge on any atom is 0.407 e. The van der Waals surface area contributed by atoms with Crippen LogP contribution in [0.4, 0.5) is 10.6 Å². The molecule has 1 fully saturated rings. The van der Waals surface area contributed by atoms with E-state index in [0.717, 1.165) is 0 Å². The highest BCUT2D eigenvalue weighted by atomic mass is 79.9. The number of likely N-dealkylation sites (tertiary alicyclic amines) is 1. The van der Waals surface area contributed by atoms with Gasteiger partial charge in [-0.25, -0.2) is 14.8 Å². The van der Waals surface area contributed by atoms with Gasteiger partial charge in [-0.2, -0.15) is 5.26 Å². The monoisotopic (exact) mass is 451 g/mol. The summed E-state index contributed by atoms with van der Waals surface area (Å²) in [6.07, 6.45) is 1.40. The molecule has 140 valence electrons. The third-order valence-corrected chi connectivity index (χ3v) is 6.20. The molecule has 10 heteroatoms. The number of ether oxygens (including phenoxy) is 1. The van der Waals surface area contributed by atoms with E-state index in [1.807, 2.05) is 4.90 Å². The Labute approximate surface area is 168 Å². The fourth-order valence-electron chi connectivity index (χ4n) is 3.76. The second-order valence-electron chi connectivity index (χ2n) is 6.50. The molecule has 1 aromatic carbocycles. The summed E-state index contributed by atoms with van der Waals surface area (Å²) in [4.78, 5) is 23.6. The summed E-state index contributed by atoms with van der Waals surface area (Å²) in [5, 5.41) is 19.7. The lowest BCUT2D eigenvalue weighted by Crippen LogP contribution is -2.47. The zero-order chi connectivity index (χ0) is 19.1. The summed E-state index contributed by atoms with van der Waals surface area (Å²) in [6.45, 7) is 1.04. The first-order valence-electron chi connectivity index (χ1n) is 8.40. The Morgan fingerprint density at radius 2 is 2.33 bits per heavy atom. The molecule has 2 aliphatic rings. The van der Waals surface area contributed by atoms with Crippen LogP contribution < -0.4 is 9.64 Å². The molecular formula is C17H15BrClN5O3. The number of carbonyl (C=O) groups is 1. The minimum absolute atomic E-state index is 0.102. The summed E-state index contributed by atoms with van der Waals surface area (Å²) in [6, 6.07) is 3.63. The minimum atomic E-state index is -0.944. The molecule has 2 aromatic rings. The van der Waals surface area contributed by atoms with E-state index < -0.39 is 6.09 Å². The van der Waals surface area contributed by atoms with Crippen LogP contribution in [-0.4, -0.2) is 57.8 Å². The molecule has 1 aromatic heterocycles. The van der Waals surface area contributed by atoms with E-state index in [4.69, 9.17) is 16.3 Å². The molecule has 27 heavy (non-hydrogen) atoms. The lowest BCUT2D eigenvalue weighted by atomic mass is 10.1. The molecule has 1 saturated heterocycles. The SMILES string of the molecule is N#CC[C@H]1COc2c(Cl)c(Br)cc3ncnc(c23)N1C1CCN(C(=O)O)C1. The number of amides is 1. The van der Waals surface area contributed by atoms with E-state index >= 15 is 0 Å². The fraction of sp³-hybridized carbons (Fsp3) is 0.412. The van der Waals surface area contributed by atoms with Gasteiger partial charge in [-0.15, -0.1) is 0 Å². The van der Waals surface area contributed by atoms with Crippen LogP contribution >= 0.6 is 27.5 Å². The third kappa shape index (κ3) is 3.03. The number of nitrogens with zero attached hydrogens (tertiary/aromatic N) is 5.